The summed E-state index contributed by atoms with van der Waals surface area (Å²) in [7, 11) is -3.97. The van der Waals surface area contributed by atoms with Gasteiger partial charge in [0.1, 0.15) is 0 Å². The van der Waals surface area contributed by atoms with Crippen LogP contribution in [-0.4, -0.2) is 8.42 Å². The summed E-state index contributed by atoms with van der Waals surface area (Å²) in [6.07, 6.45) is 1.09. The Labute approximate surface area is 147 Å². The highest BCUT2D eigenvalue weighted by Crippen LogP contribution is 2.41. The zero-order chi connectivity index (χ0) is 16.7. The quantitative estimate of drug-likeness (QED) is 0.440. The lowest BCUT2D eigenvalue weighted by Gasteiger charge is -2.13. The molecule has 4 nitrogen and oxygen atoms in total. The minimum atomic E-state index is -3.97. The number of rotatable bonds is 3. The van der Waals surface area contributed by atoms with Gasteiger partial charge >= 0.3 is 5.03 Å². The third kappa shape index (κ3) is 3.14. The Hall–Kier alpha value is -0.720. The Balaban J connectivity index is 2.59. The monoisotopic (exact) mass is 399 g/mol. The zero-order valence-corrected chi connectivity index (χ0v) is 14.9. The van der Waals surface area contributed by atoms with Crippen molar-refractivity contribution in [1.29, 1.82) is 0 Å². The summed E-state index contributed by atoms with van der Waals surface area (Å²) in [5.74, 6) is -0.587. The van der Waals surface area contributed by atoms with Crippen LogP contribution in [-0.2, 0) is 15.6 Å². The fourth-order valence-corrected chi connectivity index (χ4v) is 4.55. The lowest BCUT2D eigenvalue weighted by atomic mass is 10.1. The van der Waals surface area contributed by atoms with E-state index < -0.39 is 20.6 Å². The third-order valence-corrected chi connectivity index (χ3v) is 6.61. The van der Waals surface area contributed by atoms with Crippen LogP contribution >= 0.6 is 46.4 Å². The highest BCUT2D eigenvalue weighted by molar-refractivity contribution is 7.90. The molecule has 0 spiro atoms. The molecule has 1 aromatic heterocycles. The van der Waals surface area contributed by atoms with Crippen molar-refractivity contribution in [3.63, 3.8) is 0 Å². The molecule has 0 radical (unpaired) electrons. The molecule has 0 bridgehead atoms. The first-order chi connectivity index (χ1) is 10.2. The van der Waals surface area contributed by atoms with Crippen LogP contribution in [0, 0.1) is 12.1 Å². The molecule has 2 aromatic rings. The molecule has 1 aromatic carbocycles. The molecule has 2 rings (SSSR count). The van der Waals surface area contributed by atoms with Gasteiger partial charge in [0, 0.05) is 17.7 Å². The van der Waals surface area contributed by atoms with Crippen molar-refractivity contribution in [3.8, 4) is 0 Å². The van der Waals surface area contributed by atoms with Crippen LogP contribution in [0.15, 0.2) is 29.4 Å². The van der Waals surface area contributed by atoms with Crippen molar-refractivity contribution in [2.45, 2.75) is 17.7 Å². The third-order valence-electron chi connectivity index (χ3n) is 3.02. The van der Waals surface area contributed by atoms with Gasteiger partial charge in [0.2, 0.25) is 9.84 Å². The molecule has 0 unspecified atom stereocenters. The van der Waals surface area contributed by atoms with Crippen LogP contribution in [0.25, 0.3) is 0 Å². The predicted octanol–water partition coefficient (Wildman–Crippen LogP) is 4.22. The van der Waals surface area contributed by atoms with E-state index in [0.29, 0.717) is 5.56 Å². The van der Waals surface area contributed by atoms with Gasteiger partial charge in [-0.05, 0) is 18.6 Å². The molecule has 0 amide bonds. The standard InChI is InChI=1S/C13H9Cl4NO3S/c1-7-10(14)12(16)8(13(17)11(7)15)6-22(20,21)9-4-2-3-5-18(9)19/h2-5H,6H2,1H3. The van der Waals surface area contributed by atoms with E-state index in [4.69, 9.17) is 46.4 Å². The summed E-state index contributed by atoms with van der Waals surface area (Å²) < 4.78 is 25.1. The first-order valence-corrected chi connectivity index (χ1v) is 9.05. The average Bonchev–Trinajstić information content (AvgIpc) is 2.48. The molecule has 0 aliphatic heterocycles. The molecular formula is C13H9Cl4NO3S. The molecule has 0 aliphatic rings. The van der Waals surface area contributed by atoms with Crippen LogP contribution in [0.5, 0.6) is 0 Å². The van der Waals surface area contributed by atoms with E-state index in [1.54, 1.807) is 6.92 Å². The number of hydrogen-bond donors (Lipinski definition) is 0. The maximum absolute atomic E-state index is 12.4. The van der Waals surface area contributed by atoms with Gasteiger partial charge in [-0.15, -0.1) is 0 Å². The SMILES string of the molecule is Cc1c(Cl)c(Cl)c(CS(=O)(=O)c2cccc[n+]2[O-])c(Cl)c1Cl. The second-order valence-corrected chi connectivity index (χ2v) is 7.93. The van der Waals surface area contributed by atoms with Gasteiger partial charge < -0.3 is 5.21 Å². The Morgan fingerprint density at radius 2 is 1.59 bits per heavy atom. The van der Waals surface area contributed by atoms with Crippen molar-refractivity contribution in [2.75, 3.05) is 0 Å². The molecule has 9 heteroatoms. The number of benzene rings is 1. The van der Waals surface area contributed by atoms with Crippen molar-refractivity contribution >= 4 is 56.2 Å². The summed E-state index contributed by atoms with van der Waals surface area (Å²) in [4.78, 5) is 0. The topological polar surface area (TPSA) is 61.1 Å². The number of sulfone groups is 1. The Morgan fingerprint density at radius 3 is 2.09 bits per heavy atom. The van der Waals surface area contributed by atoms with Crippen LogP contribution in [0.1, 0.15) is 11.1 Å². The second kappa shape index (κ2) is 6.42. The fourth-order valence-electron chi connectivity index (χ4n) is 1.83. The maximum Gasteiger partial charge on any atom is 0.308 e. The molecule has 22 heavy (non-hydrogen) atoms. The van der Waals surface area contributed by atoms with E-state index in [1.807, 2.05) is 0 Å². The number of hydrogen-bond acceptors (Lipinski definition) is 3. The van der Waals surface area contributed by atoms with Gasteiger partial charge in [-0.2, -0.15) is 4.73 Å². The van der Waals surface area contributed by atoms with E-state index in [-0.39, 0.29) is 30.4 Å². The van der Waals surface area contributed by atoms with E-state index >= 15 is 0 Å². The minimum Gasteiger partial charge on any atom is -0.618 e. The molecule has 0 saturated heterocycles. The number of nitrogens with zero attached hydrogens (tertiary/aromatic N) is 1. The van der Waals surface area contributed by atoms with E-state index in [9.17, 15) is 13.6 Å². The van der Waals surface area contributed by atoms with Crippen LogP contribution in [0.4, 0.5) is 0 Å². The minimum absolute atomic E-state index is 0.00511. The summed E-state index contributed by atoms with van der Waals surface area (Å²) in [5, 5.41) is 11.5. The van der Waals surface area contributed by atoms with E-state index in [1.165, 1.54) is 18.2 Å². The number of pyridine rings is 1. The zero-order valence-electron chi connectivity index (χ0n) is 11.1. The molecule has 0 N–H and O–H groups in total. The summed E-state index contributed by atoms with van der Waals surface area (Å²) in [5.41, 5.74) is 0.519. The largest absolute Gasteiger partial charge is 0.618 e. The average molecular weight is 401 g/mol. The number of halogens is 4. The molecule has 118 valence electrons. The molecular weight excluding hydrogens is 392 g/mol. The van der Waals surface area contributed by atoms with Crippen molar-refractivity contribution < 1.29 is 13.1 Å². The normalized spacial score (nSPS) is 11.7. The van der Waals surface area contributed by atoms with Gasteiger partial charge in [0.15, 0.2) is 6.20 Å². The van der Waals surface area contributed by atoms with Gasteiger partial charge in [0.25, 0.3) is 0 Å². The molecule has 0 aliphatic carbocycles. The van der Waals surface area contributed by atoms with Crippen molar-refractivity contribution in [3.05, 3.63) is 60.8 Å². The lowest BCUT2D eigenvalue weighted by Crippen LogP contribution is -2.33. The summed E-state index contributed by atoms with van der Waals surface area (Å²) in [6.45, 7) is 1.61. The van der Waals surface area contributed by atoms with Crippen LogP contribution < -0.4 is 4.73 Å². The van der Waals surface area contributed by atoms with Gasteiger partial charge in [-0.3, -0.25) is 0 Å². The Bertz CT molecular complexity index is 824. The highest BCUT2D eigenvalue weighted by Gasteiger charge is 2.28. The van der Waals surface area contributed by atoms with E-state index in [2.05, 4.69) is 0 Å². The Morgan fingerprint density at radius 1 is 1.05 bits per heavy atom. The Kier molecular flexibility index (Phi) is 5.14. The first-order valence-electron chi connectivity index (χ1n) is 5.89. The maximum atomic E-state index is 12.4. The number of aromatic nitrogens is 1. The lowest BCUT2D eigenvalue weighted by molar-refractivity contribution is -0.646. The van der Waals surface area contributed by atoms with Gasteiger partial charge in [0.05, 0.1) is 25.8 Å². The molecule has 0 saturated carbocycles. The van der Waals surface area contributed by atoms with Gasteiger partial charge in [-0.1, -0.05) is 46.4 Å². The molecule has 0 atom stereocenters. The predicted molar refractivity (Wildman–Crippen MR) is 87.5 cm³/mol. The smallest absolute Gasteiger partial charge is 0.308 e. The second-order valence-electron chi connectivity index (χ2n) is 4.48. The van der Waals surface area contributed by atoms with E-state index in [0.717, 1.165) is 6.20 Å². The molecule has 0 fully saturated rings. The van der Waals surface area contributed by atoms with Crippen LogP contribution in [0.2, 0.25) is 20.1 Å². The van der Waals surface area contributed by atoms with Crippen LogP contribution in [0.3, 0.4) is 0 Å². The molecule has 1 heterocycles. The summed E-state index contributed by atoms with van der Waals surface area (Å²) in [6, 6.07) is 4.06. The highest BCUT2D eigenvalue weighted by atomic mass is 35.5. The van der Waals surface area contributed by atoms with Gasteiger partial charge in [-0.25, -0.2) is 8.42 Å². The summed E-state index contributed by atoms with van der Waals surface area (Å²) >= 11 is 24.2. The van der Waals surface area contributed by atoms with Crippen molar-refractivity contribution in [1.82, 2.24) is 0 Å². The van der Waals surface area contributed by atoms with Crippen molar-refractivity contribution in [2.24, 2.45) is 0 Å². The first kappa shape index (κ1) is 17.6. The fraction of sp³-hybridized carbons (Fsp3) is 0.154.